The topological polar surface area (TPSA) is 63.7 Å². The Labute approximate surface area is 123 Å². The van der Waals surface area contributed by atoms with Crippen molar-refractivity contribution in [3.8, 4) is 5.75 Å². The average Bonchev–Trinajstić information content (AvgIpc) is 2.30. The number of carbonyl (C=O) groups excluding carboxylic acids is 1. The molecule has 0 spiro atoms. The fraction of sp³-hybridized carbons (Fsp3) is 0.462. The second-order valence-electron chi connectivity index (χ2n) is 4.71. The molecule has 20 heavy (non-hydrogen) atoms. The summed E-state index contributed by atoms with van der Waals surface area (Å²) in [5, 5.41) is 0. The second kappa shape index (κ2) is 6.45. The number of halogens is 1. The zero-order valence-corrected chi connectivity index (χ0v) is 13.5. The first-order valence-corrected chi connectivity index (χ1v) is 8.32. The number of aryl methyl sites for hydroxylation is 2. The lowest BCUT2D eigenvalue weighted by Gasteiger charge is -2.14. The molecule has 1 amide bonds. The van der Waals surface area contributed by atoms with Crippen LogP contribution in [0.2, 0.25) is 0 Å². The standard InChI is InChI=1S/C13H18ClNO4S/c1-9-7-11(20(14,17)18)8-10(2)13(9)19-6-5-12(16)15(3)4/h7-8H,5-6H2,1-4H3. The highest BCUT2D eigenvalue weighted by atomic mass is 35.7. The zero-order valence-electron chi connectivity index (χ0n) is 11.9. The van der Waals surface area contributed by atoms with E-state index in [9.17, 15) is 13.2 Å². The maximum atomic E-state index is 11.4. The molecule has 0 heterocycles. The number of hydrogen-bond donors (Lipinski definition) is 0. The van der Waals surface area contributed by atoms with Gasteiger partial charge in [-0.25, -0.2) is 8.42 Å². The van der Waals surface area contributed by atoms with Crippen LogP contribution in [0.1, 0.15) is 17.5 Å². The molecular weight excluding hydrogens is 302 g/mol. The number of amides is 1. The minimum Gasteiger partial charge on any atom is -0.493 e. The molecule has 0 unspecified atom stereocenters. The molecule has 0 saturated heterocycles. The fourth-order valence-corrected chi connectivity index (χ4v) is 2.65. The molecule has 1 aromatic carbocycles. The van der Waals surface area contributed by atoms with Gasteiger partial charge in [0.2, 0.25) is 5.91 Å². The molecule has 0 saturated carbocycles. The summed E-state index contributed by atoms with van der Waals surface area (Å²) in [7, 11) is 4.92. The monoisotopic (exact) mass is 319 g/mol. The third-order valence-electron chi connectivity index (χ3n) is 2.78. The van der Waals surface area contributed by atoms with Gasteiger partial charge in [0.15, 0.2) is 0 Å². The van der Waals surface area contributed by atoms with E-state index in [0.29, 0.717) is 16.9 Å². The molecule has 0 aliphatic carbocycles. The summed E-state index contributed by atoms with van der Waals surface area (Å²) >= 11 is 0. The van der Waals surface area contributed by atoms with Crippen molar-refractivity contribution < 1.29 is 17.9 Å². The highest BCUT2D eigenvalue weighted by Crippen LogP contribution is 2.28. The summed E-state index contributed by atoms with van der Waals surface area (Å²) in [5.74, 6) is 0.556. The maximum absolute atomic E-state index is 11.4. The zero-order chi connectivity index (χ0) is 15.5. The van der Waals surface area contributed by atoms with Crippen LogP contribution in [0.25, 0.3) is 0 Å². The van der Waals surface area contributed by atoms with Crippen molar-refractivity contribution in [1.29, 1.82) is 0 Å². The van der Waals surface area contributed by atoms with Crippen molar-refractivity contribution in [3.05, 3.63) is 23.3 Å². The molecule has 1 rings (SSSR count). The molecule has 0 fully saturated rings. The van der Waals surface area contributed by atoms with Gasteiger partial charge in [0.05, 0.1) is 17.9 Å². The Balaban J connectivity index is 2.85. The largest absolute Gasteiger partial charge is 0.493 e. The van der Waals surface area contributed by atoms with Crippen LogP contribution >= 0.6 is 10.7 Å². The molecule has 112 valence electrons. The van der Waals surface area contributed by atoms with Gasteiger partial charge in [-0.2, -0.15) is 0 Å². The van der Waals surface area contributed by atoms with Gasteiger partial charge in [-0.15, -0.1) is 0 Å². The number of nitrogens with zero attached hydrogens (tertiary/aromatic N) is 1. The molecule has 0 radical (unpaired) electrons. The Bertz CT molecular complexity index is 588. The molecule has 1 aromatic rings. The highest BCUT2D eigenvalue weighted by molar-refractivity contribution is 8.13. The molecule has 0 atom stereocenters. The number of hydrogen-bond acceptors (Lipinski definition) is 4. The van der Waals surface area contributed by atoms with Crippen LogP contribution in [0.4, 0.5) is 0 Å². The molecule has 7 heteroatoms. The number of benzene rings is 1. The summed E-state index contributed by atoms with van der Waals surface area (Å²) in [6.07, 6.45) is 0.265. The van der Waals surface area contributed by atoms with Gasteiger partial charge in [0.25, 0.3) is 9.05 Å². The first kappa shape index (κ1) is 16.8. The first-order valence-electron chi connectivity index (χ1n) is 6.01. The maximum Gasteiger partial charge on any atom is 0.261 e. The van der Waals surface area contributed by atoms with Gasteiger partial charge in [-0.3, -0.25) is 4.79 Å². The summed E-state index contributed by atoms with van der Waals surface area (Å²) in [6.45, 7) is 3.72. The SMILES string of the molecule is Cc1cc(S(=O)(=O)Cl)cc(C)c1OCCC(=O)N(C)C. The average molecular weight is 320 g/mol. The number of rotatable bonds is 5. The van der Waals surface area contributed by atoms with E-state index < -0.39 is 9.05 Å². The number of ether oxygens (including phenoxy) is 1. The van der Waals surface area contributed by atoms with Crippen molar-refractivity contribution in [3.63, 3.8) is 0 Å². The van der Waals surface area contributed by atoms with E-state index >= 15 is 0 Å². The Morgan fingerprint density at radius 2 is 1.75 bits per heavy atom. The molecule has 0 aliphatic heterocycles. The smallest absolute Gasteiger partial charge is 0.261 e. The highest BCUT2D eigenvalue weighted by Gasteiger charge is 2.15. The van der Waals surface area contributed by atoms with Crippen LogP contribution in [-0.4, -0.2) is 39.9 Å². The molecule has 0 N–H and O–H groups in total. The lowest BCUT2D eigenvalue weighted by atomic mass is 10.1. The van der Waals surface area contributed by atoms with E-state index in [-0.39, 0.29) is 23.8 Å². The van der Waals surface area contributed by atoms with E-state index in [1.165, 1.54) is 17.0 Å². The van der Waals surface area contributed by atoms with Gasteiger partial charge < -0.3 is 9.64 Å². The molecule has 5 nitrogen and oxygen atoms in total. The summed E-state index contributed by atoms with van der Waals surface area (Å²) < 4.78 is 28.2. The second-order valence-corrected chi connectivity index (χ2v) is 7.28. The van der Waals surface area contributed by atoms with Crippen molar-refractivity contribution in [2.45, 2.75) is 25.2 Å². The van der Waals surface area contributed by atoms with Gasteiger partial charge >= 0.3 is 0 Å². The van der Waals surface area contributed by atoms with Gasteiger partial charge in [0.1, 0.15) is 5.75 Å². The van der Waals surface area contributed by atoms with Crippen LogP contribution in [0.3, 0.4) is 0 Å². The van der Waals surface area contributed by atoms with Crippen LogP contribution in [0.5, 0.6) is 5.75 Å². The molecule has 0 aliphatic rings. The summed E-state index contributed by atoms with van der Waals surface area (Å²) in [4.78, 5) is 13.0. The lowest BCUT2D eigenvalue weighted by molar-refractivity contribution is -0.129. The van der Waals surface area contributed by atoms with E-state index in [0.717, 1.165) is 0 Å². The molecular formula is C13H18ClNO4S. The van der Waals surface area contributed by atoms with Crippen LogP contribution in [-0.2, 0) is 13.8 Å². The van der Waals surface area contributed by atoms with E-state index in [4.69, 9.17) is 15.4 Å². The third-order valence-corrected chi connectivity index (χ3v) is 4.11. The van der Waals surface area contributed by atoms with Crippen LogP contribution in [0.15, 0.2) is 17.0 Å². The Kier molecular flexibility index (Phi) is 5.42. The van der Waals surface area contributed by atoms with Crippen molar-refractivity contribution in [1.82, 2.24) is 4.90 Å². The van der Waals surface area contributed by atoms with E-state index in [1.807, 2.05) is 0 Å². The first-order chi connectivity index (χ1) is 9.12. The minimum atomic E-state index is -3.75. The van der Waals surface area contributed by atoms with Gasteiger partial charge in [0, 0.05) is 24.8 Å². The summed E-state index contributed by atoms with van der Waals surface area (Å²) in [6, 6.07) is 2.91. The van der Waals surface area contributed by atoms with Crippen molar-refractivity contribution in [2.24, 2.45) is 0 Å². The summed E-state index contributed by atoms with van der Waals surface area (Å²) in [5.41, 5.74) is 1.34. The van der Waals surface area contributed by atoms with Crippen molar-refractivity contribution in [2.75, 3.05) is 20.7 Å². The third kappa shape index (κ3) is 4.38. The van der Waals surface area contributed by atoms with Gasteiger partial charge in [-0.05, 0) is 37.1 Å². The normalized spacial score (nSPS) is 11.2. The van der Waals surface area contributed by atoms with Gasteiger partial charge in [-0.1, -0.05) is 0 Å². The molecule has 0 aromatic heterocycles. The Morgan fingerprint density at radius 1 is 1.25 bits per heavy atom. The van der Waals surface area contributed by atoms with Crippen molar-refractivity contribution >= 4 is 25.6 Å². The van der Waals surface area contributed by atoms with E-state index in [2.05, 4.69) is 0 Å². The molecule has 0 bridgehead atoms. The predicted molar refractivity (Wildman–Crippen MR) is 77.8 cm³/mol. The minimum absolute atomic E-state index is 0.0275. The van der Waals surface area contributed by atoms with Crippen LogP contribution in [0, 0.1) is 13.8 Å². The Morgan fingerprint density at radius 3 is 2.15 bits per heavy atom. The lowest BCUT2D eigenvalue weighted by Crippen LogP contribution is -2.23. The predicted octanol–water partition coefficient (Wildman–Crippen LogP) is 2.09. The fourth-order valence-electron chi connectivity index (χ4n) is 1.74. The quantitative estimate of drug-likeness (QED) is 0.780. The van der Waals surface area contributed by atoms with Crippen LogP contribution < -0.4 is 4.74 Å². The Hall–Kier alpha value is -1.27. The van der Waals surface area contributed by atoms with E-state index in [1.54, 1.807) is 27.9 Å². The number of carbonyl (C=O) groups is 1.